The molecule has 0 saturated carbocycles. The van der Waals surface area contributed by atoms with Crippen LogP contribution < -0.4 is 4.74 Å². The van der Waals surface area contributed by atoms with Gasteiger partial charge in [-0.3, -0.25) is 0 Å². The Hall–Kier alpha value is -2.41. The quantitative estimate of drug-likeness (QED) is 0.781. The molecule has 0 radical (unpaired) electrons. The van der Waals surface area contributed by atoms with E-state index >= 15 is 0 Å². The molecule has 0 atom stereocenters. The van der Waals surface area contributed by atoms with Gasteiger partial charge in [0.15, 0.2) is 0 Å². The van der Waals surface area contributed by atoms with E-state index in [-0.39, 0.29) is 0 Å². The number of hydrogen-bond donors (Lipinski definition) is 0. The van der Waals surface area contributed by atoms with Crippen LogP contribution in [0.25, 0.3) is 0 Å². The standard InChI is InChI=1S/C16H17N3O/c1-12-13(2)18-19-16(15(12)11-17)20-10-6-9-14-7-4-3-5-8-14/h3-5,7-8H,6,9-10H2,1-2H3. The van der Waals surface area contributed by atoms with E-state index in [1.807, 2.05) is 32.0 Å². The van der Waals surface area contributed by atoms with Crippen molar-refractivity contribution in [2.45, 2.75) is 26.7 Å². The van der Waals surface area contributed by atoms with Crippen molar-refractivity contribution in [2.24, 2.45) is 0 Å². The molecule has 1 heterocycles. The van der Waals surface area contributed by atoms with Crippen LogP contribution >= 0.6 is 0 Å². The summed E-state index contributed by atoms with van der Waals surface area (Å²) in [5, 5.41) is 17.1. The maximum absolute atomic E-state index is 9.16. The lowest BCUT2D eigenvalue weighted by Crippen LogP contribution is -2.06. The molecular formula is C16H17N3O. The molecule has 4 heteroatoms. The maximum atomic E-state index is 9.16. The fourth-order valence-corrected chi connectivity index (χ4v) is 1.91. The molecule has 102 valence electrons. The summed E-state index contributed by atoms with van der Waals surface area (Å²) in [6.07, 6.45) is 1.82. The number of aromatic nitrogens is 2. The maximum Gasteiger partial charge on any atom is 0.251 e. The normalized spacial score (nSPS) is 10.1. The second-order valence-electron chi connectivity index (χ2n) is 4.64. The summed E-state index contributed by atoms with van der Waals surface area (Å²) < 4.78 is 5.59. The molecule has 0 bridgehead atoms. The first-order valence-corrected chi connectivity index (χ1v) is 6.63. The van der Waals surface area contributed by atoms with Gasteiger partial charge in [0.1, 0.15) is 11.6 Å². The third-order valence-corrected chi connectivity index (χ3v) is 3.23. The van der Waals surface area contributed by atoms with E-state index in [1.165, 1.54) is 5.56 Å². The Labute approximate surface area is 119 Å². The third-order valence-electron chi connectivity index (χ3n) is 3.23. The predicted octanol–water partition coefficient (Wildman–Crippen LogP) is 2.98. The zero-order chi connectivity index (χ0) is 14.4. The number of nitriles is 1. The van der Waals surface area contributed by atoms with Crippen LogP contribution in [0.5, 0.6) is 5.88 Å². The van der Waals surface area contributed by atoms with Crippen molar-refractivity contribution in [3.8, 4) is 11.9 Å². The highest BCUT2D eigenvalue weighted by atomic mass is 16.5. The van der Waals surface area contributed by atoms with Crippen molar-refractivity contribution >= 4 is 0 Å². The Bertz CT molecular complexity index is 618. The van der Waals surface area contributed by atoms with Crippen LogP contribution in [-0.4, -0.2) is 16.8 Å². The molecule has 0 aliphatic heterocycles. The summed E-state index contributed by atoms with van der Waals surface area (Å²) in [7, 11) is 0. The predicted molar refractivity (Wildman–Crippen MR) is 76.5 cm³/mol. The van der Waals surface area contributed by atoms with Crippen LogP contribution in [0.1, 0.15) is 28.8 Å². The molecule has 1 aromatic carbocycles. The van der Waals surface area contributed by atoms with Gasteiger partial charge in [-0.25, -0.2) is 0 Å². The van der Waals surface area contributed by atoms with Crippen molar-refractivity contribution in [2.75, 3.05) is 6.61 Å². The minimum absolute atomic E-state index is 0.337. The van der Waals surface area contributed by atoms with Gasteiger partial charge in [0.2, 0.25) is 0 Å². The number of nitrogens with zero attached hydrogens (tertiary/aromatic N) is 3. The SMILES string of the molecule is Cc1nnc(OCCCc2ccccc2)c(C#N)c1C. The van der Waals surface area contributed by atoms with Gasteiger partial charge >= 0.3 is 0 Å². The summed E-state index contributed by atoms with van der Waals surface area (Å²) in [4.78, 5) is 0. The van der Waals surface area contributed by atoms with Crippen molar-refractivity contribution in [1.82, 2.24) is 10.2 Å². The Balaban J connectivity index is 1.92. The smallest absolute Gasteiger partial charge is 0.251 e. The highest BCUT2D eigenvalue weighted by molar-refractivity contribution is 5.44. The van der Waals surface area contributed by atoms with Crippen LogP contribution in [0.4, 0.5) is 0 Å². The zero-order valence-corrected chi connectivity index (χ0v) is 11.8. The number of ether oxygens (including phenoxy) is 1. The van der Waals surface area contributed by atoms with Gasteiger partial charge < -0.3 is 4.74 Å². The van der Waals surface area contributed by atoms with Gasteiger partial charge in [-0.05, 0) is 37.8 Å². The summed E-state index contributed by atoms with van der Waals surface area (Å²) in [6, 6.07) is 12.4. The fourth-order valence-electron chi connectivity index (χ4n) is 1.91. The average Bonchev–Trinajstić information content (AvgIpc) is 2.48. The molecule has 1 aromatic heterocycles. The van der Waals surface area contributed by atoms with Gasteiger partial charge in [-0.2, -0.15) is 10.4 Å². The monoisotopic (exact) mass is 267 g/mol. The largest absolute Gasteiger partial charge is 0.476 e. The first-order chi connectivity index (χ1) is 9.72. The molecule has 0 spiro atoms. The van der Waals surface area contributed by atoms with Crippen molar-refractivity contribution < 1.29 is 4.74 Å². The highest BCUT2D eigenvalue weighted by Crippen LogP contribution is 2.19. The van der Waals surface area contributed by atoms with E-state index < -0.39 is 0 Å². The molecule has 0 N–H and O–H groups in total. The Kier molecular flexibility index (Phi) is 4.67. The molecule has 0 saturated heterocycles. The van der Waals surface area contributed by atoms with Crippen molar-refractivity contribution in [1.29, 1.82) is 5.26 Å². The van der Waals surface area contributed by atoms with E-state index in [0.29, 0.717) is 18.1 Å². The Morgan fingerprint density at radius 2 is 1.90 bits per heavy atom. The van der Waals surface area contributed by atoms with E-state index in [1.54, 1.807) is 0 Å². The molecule has 0 unspecified atom stereocenters. The van der Waals surface area contributed by atoms with Gasteiger partial charge in [0, 0.05) is 0 Å². The minimum atomic E-state index is 0.337. The van der Waals surface area contributed by atoms with Gasteiger partial charge in [-0.15, -0.1) is 5.10 Å². The molecule has 2 rings (SSSR count). The van der Waals surface area contributed by atoms with Crippen molar-refractivity contribution in [3.63, 3.8) is 0 Å². The molecule has 0 amide bonds. The summed E-state index contributed by atoms with van der Waals surface area (Å²) in [5.74, 6) is 0.337. The Morgan fingerprint density at radius 1 is 1.15 bits per heavy atom. The van der Waals surface area contributed by atoms with E-state index in [0.717, 1.165) is 24.1 Å². The minimum Gasteiger partial charge on any atom is -0.476 e. The molecule has 4 nitrogen and oxygen atoms in total. The molecule has 2 aromatic rings. The molecule has 20 heavy (non-hydrogen) atoms. The highest BCUT2D eigenvalue weighted by Gasteiger charge is 2.11. The molecular weight excluding hydrogens is 250 g/mol. The lowest BCUT2D eigenvalue weighted by atomic mass is 10.1. The van der Waals surface area contributed by atoms with Crippen LogP contribution in [-0.2, 0) is 6.42 Å². The lowest BCUT2D eigenvalue weighted by Gasteiger charge is -2.08. The number of rotatable bonds is 5. The summed E-state index contributed by atoms with van der Waals surface area (Å²) in [5.41, 5.74) is 3.36. The van der Waals surface area contributed by atoms with E-state index in [9.17, 15) is 0 Å². The van der Waals surface area contributed by atoms with E-state index in [4.69, 9.17) is 10.00 Å². The summed E-state index contributed by atoms with van der Waals surface area (Å²) >= 11 is 0. The van der Waals surface area contributed by atoms with Gasteiger partial charge in [-0.1, -0.05) is 30.3 Å². The topological polar surface area (TPSA) is 58.8 Å². The second kappa shape index (κ2) is 6.67. The lowest BCUT2D eigenvalue weighted by molar-refractivity contribution is 0.294. The third kappa shape index (κ3) is 3.33. The number of benzene rings is 1. The molecule has 0 aliphatic carbocycles. The second-order valence-corrected chi connectivity index (χ2v) is 4.64. The first kappa shape index (κ1) is 14.0. The zero-order valence-electron chi connectivity index (χ0n) is 11.8. The molecule has 0 fully saturated rings. The Morgan fingerprint density at radius 3 is 2.60 bits per heavy atom. The van der Waals surface area contributed by atoms with Gasteiger partial charge in [0.25, 0.3) is 5.88 Å². The van der Waals surface area contributed by atoms with Crippen LogP contribution in [0.15, 0.2) is 30.3 Å². The molecule has 0 aliphatic rings. The van der Waals surface area contributed by atoms with Crippen LogP contribution in [0, 0.1) is 25.2 Å². The fraction of sp³-hybridized carbons (Fsp3) is 0.312. The number of hydrogen-bond acceptors (Lipinski definition) is 4. The van der Waals surface area contributed by atoms with Crippen molar-refractivity contribution in [3.05, 3.63) is 52.7 Å². The summed E-state index contributed by atoms with van der Waals surface area (Å²) in [6.45, 7) is 4.22. The van der Waals surface area contributed by atoms with Gasteiger partial charge in [0.05, 0.1) is 12.3 Å². The number of aryl methyl sites for hydroxylation is 2. The van der Waals surface area contributed by atoms with Crippen LogP contribution in [0.2, 0.25) is 0 Å². The van der Waals surface area contributed by atoms with Crippen LogP contribution in [0.3, 0.4) is 0 Å². The average molecular weight is 267 g/mol. The first-order valence-electron chi connectivity index (χ1n) is 6.63. The van der Waals surface area contributed by atoms with E-state index in [2.05, 4.69) is 28.4 Å².